The lowest BCUT2D eigenvalue weighted by molar-refractivity contribution is 0.568. The number of aromatic nitrogens is 1. The predicted octanol–water partition coefficient (Wildman–Crippen LogP) is 3.04. The van der Waals surface area contributed by atoms with Crippen LogP contribution in [0.15, 0.2) is 28.7 Å². The summed E-state index contributed by atoms with van der Waals surface area (Å²) in [5.41, 5.74) is 2.24. The van der Waals surface area contributed by atoms with Gasteiger partial charge in [0.15, 0.2) is 5.58 Å². The second-order valence-electron chi connectivity index (χ2n) is 4.65. The van der Waals surface area contributed by atoms with E-state index in [1.165, 1.54) is 12.8 Å². The van der Waals surface area contributed by atoms with Crippen LogP contribution in [0, 0.1) is 5.41 Å². The molecule has 1 aliphatic carbocycles. The van der Waals surface area contributed by atoms with Crippen molar-refractivity contribution in [3.8, 4) is 0 Å². The van der Waals surface area contributed by atoms with Crippen LogP contribution >= 0.6 is 0 Å². The van der Waals surface area contributed by atoms with Crippen molar-refractivity contribution in [3.05, 3.63) is 24.3 Å². The van der Waals surface area contributed by atoms with Gasteiger partial charge in [-0.3, -0.25) is 0 Å². The molecule has 78 valence electrons. The fourth-order valence-electron chi connectivity index (χ4n) is 1.63. The van der Waals surface area contributed by atoms with Crippen LogP contribution < -0.4 is 5.32 Å². The quantitative estimate of drug-likeness (QED) is 0.831. The number of nitrogens with one attached hydrogen (secondary N) is 1. The minimum atomic E-state index is 0.473. The molecule has 3 nitrogen and oxygen atoms in total. The van der Waals surface area contributed by atoms with Gasteiger partial charge in [-0.15, -0.1) is 0 Å². The third-order valence-electron chi connectivity index (χ3n) is 3.06. The summed E-state index contributed by atoms with van der Waals surface area (Å²) in [4.78, 5) is 4.37. The molecule has 15 heavy (non-hydrogen) atoms. The van der Waals surface area contributed by atoms with Crippen LogP contribution in [0.5, 0.6) is 0 Å². The lowest BCUT2D eigenvalue weighted by Gasteiger charge is -2.06. The van der Waals surface area contributed by atoms with Crippen molar-refractivity contribution in [3.63, 3.8) is 0 Å². The summed E-state index contributed by atoms with van der Waals surface area (Å²) in [7, 11) is 0. The van der Waals surface area contributed by atoms with Gasteiger partial charge in [-0.25, -0.2) is 0 Å². The summed E-state index contributed by atoms with van der Waals surface area (Å²) >= 11 is 0. The van der Waals surface area contributed by atoms with E-state index in [4.69, 9.17) is 4.42 Å². The number of para-hydroxylation sites is 2. The maximum atomic E-state index is 5.57. The smallest absolute Gasteiger partial charge is 0.295 e. The highest BCUT2D eigenvalue weighted by Gasteiger charge is 2.37. The number of benzene rings is 1. The number of anilines is 1. The predicted molar refractivity (Wildman–Crippen MR) is 59.8 cm³/mol. The molecule has 1 aromatic heterocycles. The third-order valence-corrected chi connectivity index (χ3v) is 3.06. The molecule has 0 radical (unpaired) electrons. The monoisotopic (exact) mass is 202 g/mol. The molecule has 0 unspecified atom stereocenters. The Kier molecular flexibility index (Phi) is 1.75. The second-order valence-corrected chi connectivity index (χ2v) is 4.65. The van der Waals surface area contributed by atoms with E-state index in [0.29, 0.717) is 11.4 Å². The van der Waals surface area contributed by atoms with Crippen LogP contribution in [-0.4, -0.2) is 11.5 Å². The van der Waals surface area contributed by atoms with Gasteiger partial charge in [-0.2, -0.15) is 4.98 Å². The Balaban J connectivity index is 1.79. The zero-order valence-corrected chi connectivity index (χ0v) is 8.79. The maximum Gasteiger partial charge on any atom is 0.295 e. The van der Waals surface area contributed by atoms with Crippen LogP contribution in [0.2, 0.25) is 0 Å². The van der Waals surface area contributed by atoms with Crippen LogP contribution in [0.25, 0.3) is 11.1 Å². The molecule has 1 aliphatic rings. The van der Waals surface area contributed by atoms with Crippen molar-refractivity contribution >= 4 is 17.1 Å². The Morgan fingerprint density at radius 3 is 2.93 bits per heavy atom. The van der Waals surface area contributed by atoms with Crippen molar-refractivity contribution in [1.82, 2.24) is 4.98 Å². The fraction of sp³-hybridized carbons (Fsp3) is 0.417. The van der Waals surface area contributed by atoms with Gasteiger partial charge in [0, 0.05) is 6.54 Å². The largest absolute Gasteiger partial charge is 0.424 e. The lowest BCUT2D eigenvalue weighted by atomic mass is 10.1. The van der Waals surface area contributed by atoms with Crippen LogP contribution in [0.3, 0.4) is 0 Å². The van der Waals surface area contributed by atoms with Crippen LogP contribution in [0.1, 0.15) is 19.8 Å². The second kappa shape index (κ2) is 2.99. The number of fused-ring (bicyclic) bond motifs is 1. The van der Waals surface area contributed by atoms with E-state index in [-0.39, 0.29) is 0 Å². The molecule has 2 aromatic rings. The first kappa shape index (κ1) is 8.77. The van der Waals surface area contributed by atoms with E-state index in [2.05, 4.69) is 17.2 Å². The Hall–Kier alpha value is -1.51. The topological polar surface area (TPSA) is 38.1 Å². The first-order valence-corrected chi connectivity index (χ1v) is 5.35. The fourth-order valence-corrected chi connectivity index (χ4v) is 1.63. The SMILES string of the molecule is CC1(CNc2nc3ccccc3o2)CC1. The maximum absolute atomic E-state index is 5.57. The average Bonchev–Trinajstić information content (AvgIpc) is 2.83. The summed E-state index contributed by atoms with van der Waals surface area (Å²) in [6.07, 6.45) is 2.61. The van der Waals surface area contributed by atoms with Crippen molar-refractivity contribution < 1.29 is 4.42 Å². The van der Waals surface area contributed by atoms with Gasteiger partial charge in [0.2, 0.25) is 0 Å². The van der Waals surface area contributed by atoms with Gasteiger partial charge < -0.3 is 9.73 Å². The summed E-state index contributed by atoms with van der Waals surface area (Å²) in [6, 6.07) is 8.47. The molecule has 1 saturated carbocycles. The molecule has 0 bridgehead atoms. The Morgan fingerprint density at radius 2 is 2.20 bits per heavy atom. The lowest BCUT2D eigenvalue weighted by Crippen LogP contribution is -2.11. The molecule has 0 aliphatic heterocycles. The first-order valence-electron chi connectivity index (χ1n) is 5.35. The van der Waals surface area contributed by atoms with E-state index >= 15 is 0 Å². The van der Waals surface area contributed by atoms with Crippen LogP contribution in [-0.2, 0) is 0 Å². The number of nitrogens with zero attached hydrogens (tertiary/aromatic N) is 1. The van der Waals surface area contributed by atoms with E-state index in [1.54, 1.807) is 0 Å². The first-order chi connectivity index (χ1) is 7.25. The molecule has 1 fully saturated rings. The zero-order valence-electron chi connectivity index (χ0n) is 8.79. The number of hydrogen-bond acceptors (Lipinski definition) is 3. The van der Waals surface area contributed by atoms with Crippen LogP contribution in [0.4, 0.5) is 6.01 Å². The van der Waals surface area contributed by atoms with Gasteiger partial charge in [0.1, 0.15) is 5.52 Å². The minimum absolute atomic E-state index is 0.473. The summed E-state index contributed by atoms with van der Waals surface area (Å²) in [5.74, 6) is 0. The number of rotatable bonds is 3. The van der Waals surface area contributed by atoms with E-state index in [9.17, 15) is 0 Å². The molecule has 0 saturated heterocycles. The molecular weight excluding hydrogens is 188 g/mol. The van der Waals surface area contributed by atoms with Crippen molar-refractivity contribution in [2.24, 2.45) is 5.41 Å². The molecular formula is C12H14N2O. The molecule has 1 aromatic carbocycles. The number of oxazole rings is 1. The average molecular weight is 202 g/mol. The molecule has 1 heterocycles. The summed E-state index contributed by atoms with van der Waals surface area (Å²) < 4.78 is 5.57. The highest BCUT2D eigenvalue weighted by molar-refractivity contribution is 5.74. The molecule has 0 amide bonds. The van der Waals surface area contributed by atoms with Gasteiger partial charge in [-0.05, 0) is 30.4 Å². The molecule has 0 spiro atoms. The third kappa shape index (κ3) is 1.69. The van der Waals surface area contributed by atoms with Gasteiger partial charge in [0.05, 0.1) is 0 Å². The summed E-state index contributed by atoms with van der Waals surface area (Å²) in [6.45, 7) is 3.24. The van der Waals surface area contributed by atoms with E-state index < -0.39 is 0 Å². The standard InChI is InChI=1S/C12H14N2O/c1-12(6-7-12)8-13-11-14-9-4-2-3-5-10(9)15-11/h2-5H,6-8H2,1H3,(H,13,14). The Morgan fingerprint density at radius 1 is 1.40 bits per heavy atom. The van der Waals surface area contributed by atoms with E-state index in [1.807, 2.05) is 24.3 Å². The molecule has 3 rings (SSSR count). The van der Waals surface area contributed by atoms with Crippen molar-refractivity contribution in [2.75, 3.05) is 11.9 Å². The van der Waals surface area contributed by atoms with Gasteiger partial charge in [0.25, 0.3) is 6.01 Å². The van der Waals surface area contributed by atoms with Crippen molar-refractivity contribution in [2.45, 2.75) is 19.8 Å². The van der Waals surface area contributed by atoms with Crippen molar-refractivity contribution in [1.29, 1.82) is 0 Å². The Labute approximate surface area is 88.5 Å². The minimum Gasteiger partial charge on any atom is -0.424 e. The molecule has 3 heteroatoms. The molecule has 0 atom stereocenters. The van der Waals surface area contributed by atoms with Gasteiger partial charge in [-0.1, -0.05) is 19.1 Å². The Bertz CT molecular complexity index is 452. The zero-order chi connectivity index (χ0) is 10.3. The molecule has 1 N–H and O–H groups in total. The van der Waals surface area contributed by atoms with Gasteiger partial charge >= 0.3 is 0 Å². The highest BCUT2D eigenvalue weighted by atomic mass is 16.4. The summed E-state index contributed by atoms with van der Waals surface area (Å²) in [5, 5.41) is 3.26. The van der Waals surface area contributed by atoms with E-state index in [0.717, 1.165) is 17.6 Å². The number of hydrogen-bond donors (Lipinski definition) is 1. The highest BCUT2D eigenvalue weighted by Crippen LogP contribution is 2.44. The normalized spacial score (nSPS) is 17.9.